The summed E-state index contributed by atoms with van der Waals surface area (Å²) in [5.74, 6) is -0.945. The lowest BCUT2D eigenvalue weighted by Crippen LogP contribution is -2.43. The monoisotopic (exact) mass is 455 g/mol. The van der Waals surface area contributed by atoms with Gasteiger partial charge in [0, 0.05) is 34.1 Å². The molecule has 158 valence electrons. The Kier molecular flexibility index (Phi) is 6.24. The van der Waals surface area contributed by atoms with E-state index >= 15 is 0 Å². The number of carbonyl (C=O) groups excluding carboxylic acids is 1. The number of aliphatic carboxylic acids is 1. The van der Waals surface area contributed by atoms with E-state index in [1.165, 1.54) is 0 Å². The molecule has 0 fully saturated rings. The smallest absolute Gasteiger partial charge is 0.326 e. The first kappa shape index (κ1) is 21.0. The standard InChI is InChI=1S/C21H18ClN5O3S/c22-14-7-5-12(6-8-14)19-25-21(27-26-19)31-11-18(28)24-17(20(29)30)9-13-10-23-16-4-2-1-3-15(13)16/h1-8,10,17,23H,9,11H2,(H,24,28)(H,29,30)(H,25,26,27)/t17-/m1/s1. The third-order valence-corrected chi connectivity index (χ3v) is 5.75. The number of hydrogen-bond donors (Lipinski definition) is 4. The Bertz CT molecular complexity index is 1220. The molecule has 0 aliphatic rings. The van der Waals surface area contributed by atoms with Gasteiger partial charge < -0.3 is 15.4 Å². The Balaban J connectivity index is 1.35. The van der Waals surface area contributed by atoms with Crippen LogP contribution in [0.3, 0.4) is 0 Å². The second-order valence-electron chi connectivity index (χ2n) is 6.78. The van der Waals surface area contributed by atoms with Gasteiger partial charge in [-0.1, -0.05) is 41.6 Å². The summed E-state index contributed by atoms with van der Waals surface area (Å²) in [7, 11) is 0. The van der Waals surface area contributed by atoms with Crippen LogP contribution in [-0.4, -0.2) is 48.9 Å². The van der Waals surface area contributed by atoms with Gasteiger partial charge in [0.1, 0.15) is 6.04 Å². The molecule has 4 aromatic rings. The lowest BCUT2D eigenvalue weighted by molar-refractivity contribution is -0.141. The Labute approximate surface area is 186 Å². The zero-order valence-electron chi connectivity index (χ0n) is 16.1. The van der Waals surface area contributed by atoms with E-state index in [1.807, 2.05) is 36.4 Å². The van der Waals surface area contributed by atoms with Crippen molar-refractivity contribution in [3.8, 4) is 11.4 Å². The van der Waals surface area contributed by atoms with E-state index in [2.05, 4.69) is 25.5 Å². The molecular formula is C21H18ClN5O3S. The van der Waals surface area contributed by atoms with E-state index in [1.54, 1.807) is 18.3 Å². The fourth-order valence-corrected chi connectivity index (χ4v) is 3.87. The highest BCUT2D eigenvalue weighted by Crippen LogP contribution is 2.21. The minimum absolute atomic E-state index is 0.00439. The van der Waals surface area contributed by atoms with E-state index in [9.17, 15) is 14.7 Å². The molecule has 0 aliphatic carbocycles. The van der Waals surface area contributed by atoms with Crippen LogP contribution in [0.4, 0.5) is 0 Å². The molecule has 1 atom stereocenters. The molecule has 31 heavy (non-hydrogen) atoms. The average Bonchev–Trinajstić information content (AvgIpc) is 3.40. The van der Waals surface area contributed by atoms with Crippen LogP contribution in [0.1, 0.15) is 5.56 Å². The van der Waals surface area contributed by atoms with E-state index in [0.29, 0.717) is 16.0 Å². The number of carbonyl (C=O) groups is 2. The fourth-order valence-electron chi connectivity index (χ4n) is 3.13. The van der Waals surface area contributed by atoms with Gasteiger partial charge >= 0.3 is 5.97 Å². The van der Waals surface area contributed by atoms with Crippen molar-refractivity contribution in [3.63, 3.8) is 0 Å². The summed E-state index contributed by atoms with van der Waals surface area (Å²) >= 11 is 7.01. The third-order valence-electron chi connectivity index (χ3n) is 4.65. The Hall–Kier alpha value is -3.30. The van der Waals surface area contributed by atoms with Crippen LogP contribution in [0.2, 0.25) is 5.02 Å². The molecule has 4 rings (SSSR count). The number of hydrogen-bond acceptors (Lipinski definition) is 5. The van der Waals surface area contributed by atoms with E-state index in [-0.39, 0.29) is 12.2 Å². The molecule has 0 unspecified atom stereocenters. The number of thioether (sulfide) groups is 1. The molecule has 2 aromatic carbocycles. The molecule has 0 aliphatic heterocycles. The summed E-state index contributed by atoms with van der Waals surface area (Å²) in [4.78, 5) is 31.5. The molecule has 1 amide bonds. The molecule has 8 nitrogen and oxygen atoms in total. The number of H-pyrrole nitrogens is 2. The molecule has 4 N–H and O–H groups in total. The lowest BCUT2D eigenvalue weighted by atomic mass is 10.1. The van der Waals surface area contributed by atoms with Crippen molar-refractivity contribution in [2.45, 2.75) is 17.6 Å². The highest BCUT2D eigenvalue weighted by atomic mass is 35.5. The molecule has 0 saturated heterocycles. The summed E-state index contributed by atoms with van der Waals surface area (Å²) < 4.78 is 0. The largest absolute Gasteiger partial charge is 0.480 e. The maximum Gasteiger partial charge on any atom is 0.326 e. The van der Waals surface area contributed by atoms with Gasteiger partial charge in [0.05, 0.1) is 5.75 Å². The van der Waals surface area contributed by atoms with Gasteiger partial charge in [-0.2, -0.15) is 0 Å². The number of carboxylic acid groups (broad SMARTS) is 1. The molecule has 0 spiro atoms. The average molecular weight is 456 g/mol. The van der Waals surface area contributed by atoms with Crippen LogP contribution in [0, 0.1) is 0 Å². The molecule has 0 radical (unpaired) electrons. The topological polar surface area (TPSA) is 124 Å². The number of benzene rings is 2. The number of fused-ring (bicyclic) bond motifs is 1. The van der Waals surface area contributed by atoms with Gasteiger partial charge in [0.25, 0.3) is 0 Å². The Morgan fingerprint density at radius 1 is 1.16 bits per heavy atom. The zero-order chi connectivity index (χ0) is 21.8. The van der Waals surface area contributed by atoms with Crippen molar-refractivity contribution in [1.82, 2.24) is 25.5 Å². The van der Waals surface area contributed by atoms with Crippen LogP contribution in [0.5, 0.6) is 0 Å². The van der Waals surface area contributed by atoms with Crippen molar-refractivity contribution in [2.24, 2.45) is 0 Å². The van der Waals surface area contributed by atoms with Crippen LogP contribution in [0.25, 0.3) is 22.3 Å². The van der Waals surface area contributed by atoms with E-state index < -0.39 is 17.9 Å². The molecule has 2 aromatic heterocycles. The summed E-state index contributed by atoms with van der Waals surface area (Å²) in [6.07, 6.45) is 1.95. The number of nitrogens with one attached hydrogen (secondary N) is 3. The first-order valence-electron chi connectivity index (χ1n) is 9.38. The van der Waals surface area contributed by atoms with Crippen molar-refractivity contribution < 1.29 is 14.7 Å². The fraction of sp³-hybridized carbons (Fsp3) is 0.143. The number of rotatable bonds is 8. The normalized spacial score (nSPS) is 12.0. The van der Waals surface area contributed by atoms with Crippen molar-refractivity contribution >= 4 is 46.1 Å². The van der Waals surface area contributed by atoms with Crippen LogP contribution < -0.4 is 5.32 Å². The zero-order valence-corrected chi connectivity index (χ0v) is 17.7. The van der Waals surface area contributed by atoms with Gasteiger partial charge in [0.2, 0.25) is 11.1 Å². The number of amides is 1. The van der Waals surface area contributed by atoms with Crippen LogP contribution in [0.15, 0.2) is 59.9 Å². The number of nitrogens with zero attached hydrogens (tertiary/aromatic N) is 2. The molecule has 0 bridgehead atoms. The van der Waals surface area contributed by atoms with Crippen molar-refractivity contribution in [2.75, 3.05) is 5.75 Å². The number of halogens is 1. The van der Waals surface area contributed by atoms with Crippen LogP contribution >= 0.6 is 23.4 Å². The quantitative estimate of drug-likeness (QED) is 0.301. The number of para-hydroxylation sites is 1. The van der Waals surface area contributed by atoms with Gasteiger partial charge in [0.15, 0.2) is 5.82 Å². The summed E-state index contributed by atoms with van der Waals surface area (Å²) in [5, 5.41) is 21.0. The number of aromatic nitrogens is 4. The Morgan fingerprint density at radius 3 is 2.71 bits per heavy atom. The van der Waals surface area contributed by atoms with Gasteiger partial charge in [-0.3, -0.25) is 9.89 Å². The minimum Gasteiger partial charge on any atom is -0.480 e. The number of carboxylic acids is 1. The maximum absolute atomic E-state index is 12.4. The van der Waals surface area contributed by atoms with Gasteiger partial charge in [-0.15, -0.1) is 5.10 Å². The van der Waals surface area contributed by atoms with Crippen molar-refractivity contribution in [3.05, 3.63) is 65.3 Å². The predicted octanol–water partition coefficient (Wildman–Crippen LogP) is 3.51. The maximum atomic E-state index is 12.4. The second kappa shape index (κ2) is 9.23. The summed E-state index contributed by atoms with van der Waals surface area (Å²) in [6.45, 7) is 0. The first-order chi connectivity index (χ1) is 15.0. The van der Waals surface area contributed by atoms with Gasteiger partial charge in [-0.25, -0.2) is 9.78 Å². The Morgan fingerprint density at radius 2 is 1.94 bits per heavy atom. The van der Waals surface area contributed by atoms with Crippen molar-refractivity contribution in [1.29, 1.82) is 0 Å². The number of aromatic amines is 2. The molecule has 2 heterocycles. The van der Waals surface area contributed by atoms with Gasteiger partial charge in [-0.05, 0) is 35.9 Å². The minimum atomic E-state index is -1.09. The molecule has 10 heteroatoms. The van der Waals surface area contributed by atoms with Crippen LogP contribution in [-0.2, 0) is 16.0 Å². The SMILES string of the molecule is O=C(CSc1n[nH]c(-c2ccc(Cl)cc2)n1)N[C@H](Cc1c[nH]c2ccccc12)C(=O)O. The summed E-state index contributed by atoms with van der Waals surface area (Å²) in [6, 6.07) is 13.7. The highest BCUT2D eigenvalue weighted by molar-refractivity contribution is 7.99. The third kappa shape index (κ3) is 5.07. The second-order valence-corrected chi connectivity index (χ2v) is 8.16. The van der Waals surface area contributed by atoms with E-state index in [0.717, 1.165) is 33.8 Å². The first-order valence-corrected chi connectivity index (χ1v) is 10.7. The predicted molar refractivity (Wildman–Crippen MR) is 119 cm³/mol. The lowest BCUT2D eigenvalue weighted by Gasteiger charge is -2.13. The molecular weight excluding hydrogens is 438 g/mol. The summed E-state index contributed by atoms with van der Waals surface area (Å²) in [5.41, 5.74) is 2.57. The van der Waals surface area contributed by atoms with E-state index in [4.69, 9.17) is 11.6 Å². The molecule has 0 saturated carbocycles. The highest BCUT2D eigenvalue weighted by Gasteiger charge is 2.22.